The van der Waals surface area contributed by atoms with Crippen molar-refractivity contribution in [1.82, 2.24) is 14.2 Å². The summed E-state index contributed by atoms with van der Waals surface area (Å²) < 4.78 is 1.99. The van der Waals surface area contributed by atoms with Gasteiger partial charge >= 0.3 is 5.69 Å². The van der Waals surface area contributed by atoms with Crippen molar-refractivity contribution in [3.05, 3.63) is 32.6 Å². The van der Waals surface area contributed by atoms with E-state index in [0.717, 1.165) is 14.2 Å². The Kier molecular flexibility index (Phi) is 3.05. The molecule has 0 saturated carbocycles. The van der Waals surface area contributed by atoms with Gasteiger partial charge in [0.25, 0.3) is 11.5 Å². The molecule has 98 valence electrons. The average molecular weight is 255 g/mol. The molecule has 1 aromatic heterocycles. The molecular formula is C10H13N3O5. The van der Waals surface area contributed by atoms with Gasteiger partial charge in [-0.15, -0.1) is 0 Å². The molecule has 1 aliphatic heterocycles. The third-order valence-corrected chi connectivity index (χ3v) is 2.70. The van der Waals surface area contributed by atoms with E-state index in [1.807, 2.05) is 0 Å². The van der Waals surface area contributed by atoms with Crippen molar-refractivity contribution in [3.8, 4) is 0 Å². The van der Waals surface area contributed by atoms with E-state index in [4.69, 9.17) is 4.84 Å². The first-order chi connectivity index (χ1) is 8.41. The van der Waals surface area contributed by atoms with Crippen molar-refractivity contribution in [2.75, 3.05) is 13.2 Å². The highest BCUT2D eigenvalue weighted by molar-refractivity contribution is 5.93. The predicted octanol–water partition coefficient (Wildman–Crippen LogP) is -2.17. The summed E-state index contributed by atoms with van der Waals surface area (Å²) in [5.74, 6) is -0.664. The molecule has 1 aliphatic rings. The van der Waals surface area contributed by atoms with Gasteiger partial charge in [0.1, 0.15) is 18.3 Å². The monoisotopic (exact) mass is 255 g/mol. The molecule has 0 bridgehead atoms. The highest BCUT2D eigenvalue weighted by atomic mass is 16.7. The summed E-state index contributed by atoms with van der Waals surface area (Å²) in [7, 11) is 2.74. The molecule has 0 aliphatic carbocycles. The van der Waals surface area contributed by atoms with Crippen molar-refractivity contribution in [3.63, 3.8) is 0 Å². The molecule has 1 fully saturated rings. The number of aliphatic hydroxyl groups is 1. The minimum Gasteiger partial charge on any atom is -0.389 e. The molecule has 2 rings (SSSR count). The Morgan fingerprint density at radius 2 is 2.11 bits per heavy atom. The number of hydroxylamine groups is 2. The fraction of sp³-hybridized carbons (Fsp3) is 0.500. The third-order valence-electron chi connectivity index (χ3n) is 2.70. The van der Waals surface area contributed by atoms with Crippen LogP contribution in [-0.2, 0) is 18.9 Å². The van der Waals surface area contributed by atoms with Gasteiger partial charge in [-0.1, -0.05) is 0 Å². The largest absolute Gasteiger partial charge is 0.389 e. The smallest absolute Gasteiger partial charge is 0.330 e. The topological polar surface area (TPSA) is 93.8 Å². The standard InChI is InChI=1S/C10H13N3O5/c1-11-4-7(8(15)12(2)10(11)17)9(16)13-3-6(14)5-18-13/h4,6,14H,3,5H2,1-2H3. The van der Waals surface area contributed by atoms with Crippen LogP contribution in [0.4, 0.5) is 0 Å². The molecule has 8 nitrogen and oxygen atoms in total. The van der Waals surface area contributed by atoms with Gasteiger partial charge in [-0.3, -0.25) is 19.0 Å². The second-order valence-electron chi connectivity index (χ2n) is 4.12. The number of amides is 1. The minimum atomic E-state index is -0.759. The number of hydrogen-bond donors (Lipinski definition) is 1. The molecule has 2 heterocycles. The summed E-state index contributed by atoms with van der Waals surface area (Å²) in [5.41, 5.74) is -1.37. The number of aromatic nitrogens is 2. The van der Waals surface area contributed by atoms with Crippen LogP contribution in [0, 0.1) is 0 Å². The first kappa shape index (κ1) is 12.5. The lowest BCUT2D eigenvalue weighted by molar-refractivity contribution is -0.0781. The van der Waals surface area contributed by atoms with E-state index in [0.29, 0.717) is 0 Å². The van der Waals surface area contributed by atoms with Gasteiger partial charge in [-0.05, 0) is 0 Å². The molecule has 1 atom stereocenters. The molecule has 0 radical (unpaired) electrons. The lowest BCUT2D eigenvalue weighted by Gasteiger charge is -2.14. The molecule has 0 aromatic carbocycles. The molecule has 0 spiro atoms. The van der Waals surface area contributed by atoms with Crippen molar-refractivity contribution in [2.24, 2.45) is 14.1 Å². The number of β-amino-alcohol motifs (C(OH)–C–C–N with tert-alkyl or cyclic N) is 1. The van der Waals surface area contributed by atoms with E-state index in [1.54, 1.807) is 0 Å². The first-order valence-corrected chi connectivity index (χ1v) is 5.31. The fourth-order valence-corrected chi connectivity index (χ4v) is 1.70. The highest BCUT2D eigenvalue weighted by Gasteiger charge is 2.29. The van der Waals surface area contributed by atoms with Crippen LogP contribution in [-0.4, -0.2) is 44.5 Å². The maximum Gasteiger partial charge on any atom is 0.330 e. The van der Waals surface area contributed by atoms with Crippen molar-refractivity contribution in [2.45, 2.75) is 6.10 Å². The molecule has 1 N–H and O–H groups in total. The Labute approximate surface area is 102 Å². The van der Waals surface area contributed by atoms with Crippen LogP contribution in [0.3, 0.4) is 0 Å². The van der Waals surface area contributed by atoms with Gasteiger partial charge in [0.05, 0.1) is 6.54 Å². The van der Waals surface area contributed by atoms with Gasteiger partial charge < -0.3 is 9.67 Å². The summed E-state index contributed by atoms with van der Waals surface area (Å²) in [4.78, 5) is 40.2. The van der Waals surface area contributed by atoms with Crippen LogP contribution in [0.2, 0.25) is 0 Å². The SMILES string of the molecule is Cn1cc(C(=O)N2CC(O)CO2)c(=O)n(C)c1=O. The number of nitrogens with zero attached hydrogens (tertiary/aromatic N) is 3. The van der Waals surface area contributed by atoms with Crippen LogP contribution in [0.15, 0.2) is 15.8 Å². The van der Waals surface area contributed by atoms with Crippen molar-refractivity contribution >= 4 is 5.91 Å². The number of aryl methyl sites for hydroxylation is 1. The molecule has 18 heavy (non-hydrogen) atoms. The number of aliphatic hydroxyl groups excluding tert-OH is 1. The van der Waals surface area contributed by atoms with Crippen LogP contribution >= 0.6 is 0 Å². The number of hydrogen-bond acceptors (Lipinski definition) is 5. The van der Waals surface area contributed by atoms with Gasteiger partial charge in [-0.25, -0.2) is 9.86 Å². The van der Waals surface area contributed by atoms with Crippen LogP contribution < -0.4 is 11.2 Å². The summed E-state index contributed by atoms with van der Waals surface area (Å²) >= 11 is 0. The van der Waals surface area contributed by atoms with E-state index >= 15 is 0 Å². The molecule has 1 unspecified atom stereocenters. The van der Waals surface area contributed by atoms with Gasteiger partial charge in [0.2, 0.25) is 0 Å². The van der Waals surface area contributed by atoms with Crippen LogP contribution in [0.1, 0.15) is 10.4 Å². The zero-order chi connectivity index (χ0) is 13.4. The third kappa shape index (κ3) is 1.95. The second kappa shape index (κ2) is 4.39. The molecule has 1 saturated heterocycles. The van der Waals surface area contributed by atoms with E-state index in [9.17, 15) is 19.5 Å². The predicted molar refractivity (Wildman–Crippen MR) is 59.9 cm³/mol. The van der Waals surface area contributed by atoms with E-state index in [-0.39, 0.29) is 18.7 Å². The number of rotatable bonds is 1. The Morgan fingerprint density at radius 3 is 2.67 bits per heavy atom. The zero-order valence-corrected chi connectivity index (χ0v) is 9.99. The molecule has 1 amide bonds. The molecule has 1 aromatic rings. The van der Waals surface area contributed by atoms with Crippen LogP contribution in [0.5, 0.6) is 0 Å². The normalized spacial score (nSPS) is 19.3. The Balaban J connectivity index is 2.43. The lowest BCUT2D eigenvalue weighted by atomic mass is 10.3. The highest BCUT2D eigenvalue weighted by Crippen LogP contribution is 2.08. The van der Waals surface area contributed by atoms with Gasteiger partial charge in [0, 0.05) is 20.3 Å². The summed E-state index contributed by atoms with van der Waals surface area (Å²) in [6.07, 6.45) is 0.409. The zero-order valence-electron chi connectivity index (χ0n) is 9.99. The lowest BCUT2D eigenvalue weighted by Crippen LogP contribution is -2.42. The van der Waals surface area contributed by atoms with Gasteiger partial charge in [-0.2, -0.15) is 0 Å². The minimum absolute atomic E-state index is 0.00479. The van der Waals surface area contributed by atoms with Crippen molar-refractivity contribution in [1.29, 1.82) is 0 Å². The van der Waals surface area contributed by atoms with E-state index < -0.39 is 23.3 Å². The Hall–Kier alpha value is -1.93. The average Bonchev–Trinajstić information content (AvgIpc) is 2.77. The summed E-state index contributed by atoms with van der Waals surface area (Å²) in [6, 6.07) is 0. The van der Waals surface area contributed by atoms with E-state index in [2.05, 4.69) is 0 Å². The number of carbonyl (C=O) groups is 1. The van der Waals surface area contributed by atoms with Gasteiger partial charge in [0.15, 0.2) is 0 Å². The molecular weight excluding hydrogens is 242 g/mol. The molecule has 8 heteroatoms. The van der Waals surface area contributed by atoms with Crippen molar-refractivity contribution < 1.29 is 14.7 Å². The fourth-order valence-electron chi connectivity index (χ4n) is 1.70. The quantitative estimate of drug-likeness (QED) is 0.616. The first-order valence-electron chi connectivity index (χ1n) is 5.31. The Morgan fingerprint density at radius 1 is 1.44 bits per heavy atom. The number of carbonyl (C=O) groups excluding carboxylic acids is 1. The maximum absolute atomic E-state index is 12.0. The Bertz CT molecular complexity index is 603. The second-order valence-corrected chi connectivity index (χ2v) is 4.12. The summed E-state index contributed by atoms with van der Waals surface area (Å²) in [6.45, 7) is 0.0165. The maximum atomic E-state index is 12.0. The summed E-state index contributed by atoms with van der Waals surface area (Å²) in [5, 5.41) is 10.2. The van der Waals surface area contributed by atoms with Crippen LogP contribution in [0.25, 0.3) is 0 Å². The van der Waals surface area contributed by atoms with E-state index in [1.165, 1.54) is 20.3 Å².